The van der Waals surface area contributed by atoms with E-state index in [1.807, 2.05) is 4.90 Å². The van der Waals surface area contributed by atoms with Crippen LogP contribution < -0.4 is 5.73 Å². The summed E-state index contributed by atoms with van der Waals surface area (Å²) in [4.78, 5) is 21.0. The van der Waals surface area contributed by atoms with Gasteiger partial charge in [0.05, 0.1) is 5.56 Å². The molecular weight excluding hydrogens is 323 g/mol. The molecule has 1 amide bonds. The van der Waals surface area contributed by atoms with Gasteiger partial charge in [-0.25, -0.2) is 0 Å². The Morgan fingerprint density at radius 2 is 1.91 bits per heavy atom. The zero-order chi connectivity index (χ0) is 13.9. The molecule has 22 heavy (non-hydrogen) atoms. The van der Waals surface area contributed by atoms with Crippen LogP contribution in [-0.4, -0.2) is 52.9 Å². The van der Waals surface area contributed by atoms with Gasteiger partial charge in [0, 0.05) is 37.2 Å². The van der Waals surface area contributed by atoms with E-state index in [2.05, 4.69) is 9.88 Å². The summed E-state index contributed by atoms with van der Waals surface area (Å²) in [5, 5.41) is 0. The maximum Gasteiger partial charge on any atom is 0.257 e. The van der Waals surface area contributed by atoms with E-state index in [4.69, 9.17) is 5.73 Å². The summed E-state index contributed by atoms with van der Waals surface area (Å²) in [5.41, 5.74) is 6.92. The highest BCUT2D eigenvalue weighted by Crippen LogP contribution is 2.22. The first-order valence-electron chi connectivity index (χ1n) is 7.48. The minimum Gasteiger partial charge on any atom is -0.398 e. The summed E-state index contributed by atoms with van der Waals surface area (Å²) in [6.45, 7) is 4.02. The normalized spacial score (nSPS) is 21.8. The van der Waals surface area contributed by atoms with Crippen molar-refractivity contribution in [3.05, 3.63) is 24.0 Å². The van der Waals surface area contributed by atoms with Crippen molar-refractivity contribution in [3.63, 3.8) is 0 Å². The average Bonchev–Trinajstić information content (AvgIpc) is 2.98. The zero-order valence-corrected chi connectivity index (χ0v) is 14.2. The van der Waals surface area contributed by atoms with Crippen molar-refractivity contribution in [2.45, 2.75) is 31.7 Å². The molecule has 3 heterocycles. The van der Waals surface area contributed by atoms with Gasteiger partial charge in [-0.15, -0.1) is 24.8 Å². The van der Waals surface area contributed by atoms with Crippen LogP contribution in [0.25, 0.3) is 0 Å². The molecule has 2 aliphatic rings. The van der Waals surface area contributed by atoms with Crippen LogP contribution in [0.3, 0.4) is 0 Å². The molecule has 2 saturated heterocycles. The van der Waals surface area contributed by atoms with Gasteiger partial charge < -0.3 is 10.6 Å². The number of nitrogen functional groups attached to an aromatic ring is 1. The van der Waals surface area contributed by atoms with E-state index in [1.54, 1.807) is 18.5 Å². The van der Waals surface area contributed by atoms with E-state index in [1.165, 1.54) is 32.4 Å². The number of aromatic nitrogens is 1. The SMILES string of the molecule is Cl.Cl.Nc1ccncc1C(=O)N1CCC(N2CCCCC2)C1. The van der Waals surface area contributed by atoms with Gasteiger partial charge in [0.15, 0.2) is 0 Å². The standard InChI is InChI=1S/C15H22N4O.2ClH/c16-14-4-6-17-10-13(14)15(20)19-9-5-12(11-19)18-7-2-1-3-8-18;;/h4,6,10,12H,1-3,5,7-9,11H2,(H2,16,17);2*1H. The topological polar surface area (TPSA) is 62.5 Å². The number of carbonyl (C=O) groups is 1. The summed E-state index contributed by atoms with van der Waals surface area (Å²) >= 11 is 0. The summed E-state index contributed by atoms with van der Waals surface area (Å²) in [6.07, 6.45) is 8.20. The fourth-order valence-corrected chi connectivity index (χ4v) is 3.26. The Labute approximate surface area is 144 Å². The van der Waals surface area contributed by atoms with Gasteiger partial charge in [0.25, 0.3) is 5.91 Å². The molecule has 1 atom stereocenters. The second-order valence-electron chi connectivity index (χ2n) is 5.75. The minimum atomic E-state index is 0. The van der Waals surface area contributed by atoms with Crippen molar-refractivity contribution in [1.82, 2.24) is 14.8 Å². The van der Waals surface area contributed by atoms with Gasteiger partial charge in [-0.05, 0) is 38.4 Å². The van der Waals surface area contributed by atoms with Gasteiger partial charge in [-0.2, -0.15) is 0 Å². The molecule has 0 saturated carbocycles. The molecule has 2 N–H and O–H groups in total. The Morgan fingerprint density at radius 1 is 1.18 bits per heavy atom. The second kappa shape index (κ2) is 8.56. The summed E-state index contributed by atoms with van der Waals surface area (Å²) < 4.78 is 0. The van der Waals surface area contributed by atoms with Gasteiger partial charge in [-0.1, -0.05) is 6.42 Å². The van der Waals surface area contributed by atoms with Crippen molar-refractivity contribution in [2.75, 3.05) is 31.9 Å². The first-order valence-corrected chi connectivity index (χ1v) is 7.48. The number of carbonyl (C=O) groups excluding carboxylic acids is 1. The number of pyridine rings is 1. The maximum absolute atomic E-state index is 12.5. The number of amides is 1. The van der Waals surface area contributed by atoms with Crippen molar-refractivity contribution < 1.29 is 4.79 Å². The largest absolute Gasteiger partial charge is 0.398 e. The van der Waals surface area contributed by atoms with Crippen LogP contribution in [0.5, 0.6) is 0 Å². The van der Waals surface area contributed by atoms with Crippen LogP contribution in [0.1, 0.15) is 36.0 Å². The van der Waals surface area contributed by atoms with Gasteiger partial charge in [0.1, 0.15) is 0 Å². The Hall–Kier alpha value is -1.04. The fourth-order valence-electron chi connectivity index (χ4n) is 3.26. The lowest BCUT2D eigenvalue weighted by molar-refractivity contribution is 0.0772. The number of hydrogen-bond donors (Lipinski definition) is 1. The lowest BCUT2D eigenvalue weighted by Gasteiger charge is -2.32. The highest BCUT2D eigenvalue weighted by Gasteiger charge is 2.31. The molecule has 1 unspecified atom stereocenters. The third-order valence-corrected chi connectivity index (χ3v) is 4.44. The van der Waals surface area contributed by atoms with Gasteiger partial charge in [-0.3, -0.25) is 14.7 Å². The monoisotopic (exact) mass is 346 g/mol. The number of nitrogens with zero attached hydrogens (tertiary/aromatic N) is 3. The number of piperidine rings is 1. The number of halogens is 2. The van der Waals surface area contributed by atoms with Crippen LogP contribution in [-0.2, 0) is 0 Å². The molecule has 1 aromatic heterocycles. The Morgan fingerprint density at radius 3 is 2.59 bits per heavy atom. The molecule has 0 spiro atoms. The lowest BCUT2D eigenvalue weighted by atomic mass is 10.1. The highest BCUT2D eigenvalue weighted by molar-refractivity contribution is 5.98. The number of likely N-dealkylation sites (tertiary alicyclic amines) is 2. The Kier molecular flexibility index (Phi) is 7.39. The number of hydrogen-bond acceptors (Lipinski definition) is 4. The lowest BCUT2D eigenvalue weighted by Crippen LogP contribution is -2.41. The number of anilines is 1. The number of nitrogens with two attached hydrogens (primary N) is 1. The second-order valence-corrected chi connectivity index (χ2v) is 5.75. The molecule has 0 aliphatic carbocycles. The highest BCUT2D eigenvalue weighted by atomic mass is 35.5. The van der Waals surface area contributed by atoms with E-state index in [0.717, 1.165) is 19.5 Å². The van der Waals surface area contributed by atoms with E-state index in [-0.39, 0.29) is 30.7 Å². The molecule has 124 valence electrons. The van der Waals surface area contributed by atoms with Gasteiger partial charge in [0.2, 0.25) is 0 Å². The molecule has 0 aromatic carbocycles. The van der Waals surface area contributed by atoms with Crippen molar-refractivity contribution in [2.24, 2.45) is 0 Å². The van der Waals surface area contributed by atoms with Crippen LogP contribution in [0.15, 0.2) is 18.5 Å². The molecule has 2 fully saturated rings. The molecule has 3 rings (SSSR count). The first-order chi connectivity index (χ1) is 9.75. The summed E-state index contributed by atoms with van der Waals surface area (Å²) in [5.74, 6) is 0.0232. The molecule has 1 aromatic rings. The van der Waals surface area contributed by atoms with E-state index >= 15 is 0 Å². The molecule has 0 radical (unpaired) electrons. The van der Waals surface area contributed by atoms with Crippen LogP contribution in [0, 0.1) is 0 Å². The summed E-state index contributed by atoms with van der Waals surface area (Å²) in [6, 6.07) is 2.21. The molecule has 7 heteroatoms. The van der Waals surface area contributed by atoms with Crippen LogP contribution in [0.4, 0.5) is 5.69 Å². The summed E-state index contributed by atoms with van der Waals surface area (Å²) in [7, 11) is 0. The first kappa shape index (κ1) is 19.0. The van der Waals surface area contributed by atoms with E-state index in [9.17, 15) is 4.79 Å². The third kappa shape index (κ3) is 4.03. The Bertz CT molecular complexity index is 494. The third-order valence-electron chi connectivity index (χ3n) is 4.44. The minimum absolute atomic E-state index is 0. The predicted octanol–water partition coefficient (Wildman–Crippen LogP) is 2.21. The van der Waals surface area contributed by atoms with E-state index in [0.29, 0.717) is 17.3 Å². The molecule has 0 bridgehead atoms. The molecule has 5 nitrogen and oxygen atoms in total. The maximum atomic E-state index is 12.5. The van der Waals surface area contributed by atoms with Crippen LogP contribution >= 0.6 is 24.8 Å². The zero-order valence-electron chi connectivity index (χ0n) is 12.6. The quantitative estimate of drug-likeness (QED) is 0.891. The smallest absolute Gasteiger partial charge is 0.257 e. The van der Waals surface area contributed by atoms with Crippen molar-refractivity contribution in [1.29, 1.82) is 0 Å². The Balaban J connectivity index is 0.00000121. The van der Waals surface area contributed by atoms with Crippen LogP contribution in [0.2, 0.25) is 0 Å². The molecular formula is C15H24Cl2N4O. The number of rotatable bonds is 2. The fraction of sp³-hybridized carbons (Fsp3) is 0.600. The van der Waals surface area contributed by atoms with Gasteiger partial charge >= 0.3 is 0 Å². The predicted molar refractivity (Wildman–Crippen MR) is 92.9 cm³/mol. The molecule has 2 aliphatic heterocycles. The average molecular weight is 347 g/mol. The van der Waals surface area contributed by atoms with Crippen molar-refractivity contribution in [3.8, 4) is 0 Å². The van der Waals surface area contributed by atoms with E-state index < -0.39 is 0 Å². The van der Waals surface area contributed by atoms with Crippen molar-refractivity contribution >= 4 is 36.4 Å².